The van der Waals surface area contributed by atoms with Gasteiger partial charge < -0.3 is 10.6 Å². The van der Waals surface area contributed by atoms with Crippen molar-refractivity contribution in [2.45, 2.75) is 31.7 Å². The lowest BCUT2D eigenvalue weighted by molar-refractivity contribution is -0.136. The molecule has 2 aromatic heterocycles. The van der Waals surface area contributed by atoms with Crippen molar-refractivity contribution >= 4 is 46.0 Å². The molecule has 3 aromatic rings. The van der Waals surface area contributed by atoms with Gasteiger partial charge in [0.2, 0.25) is 11.8 Å². The van der Waals surface area contributed by atoms with Gasteiger partial charge in [-0.3, -0.25) is 34.4 Å². The second-order valence-corrected chi connectivity index (χ2v) is 8.47. The summed E-state index contributed by atoms with van der Waals surface area (Å²) in [7, 11) is 0. The summed E-state index contributed by atoms with van der Waals surface area (Å²) in [6, 6.07) is 9.87. The maximum Gasteiger partial charge on any atom is 0.264 e. The molecule has 1 fully saturated rings. The molecule has 0 radical (unpaired) electrons. The first-order valence-corrected chi connectivity index (χ1v) is 11.6. The van der Waals surface area contributed by atoms with Crippen molar-refractivity contribution in [3.63, 3.8) is 0 Å². The summed E-state index contributed by atoms with van der Waals surface area (Å²) in [6.07, 6.45) is 5.38. The van der Waals surface area contributed by atoms with Crippen molar-refractivity contribution in [1.29, 1.82) is 0 Å². The first-order chi connectivity index (χ1) is 17.0. The zero-order valence-corrected chi connectivity index (χ0v) is 18.9. The second kappa shape index (κ2) is 9.49. The molecule has 0 saturated carbocycles. The van der Waals surface area contributed by atoms with Gasteiger partial charge in [-0.15, -0.1) is 0 Å². The van der Waals surface area contributed by atoms with E-state index in [-0.39, 0.29) is 24.0 Å². The Kier molecular flexibility index (Phi) is 6.09. The van der Waals surface area contributed by atoms with E-state index in [0.29, 0.717) is 18.8 Å². The van der Waals surface area contributed by atoms with Crippen molar-refractivity contribution in [3.05, 3.63) is 59.9 Å². The summed E-state index contributed by atoms with van der Waals surface area (Å²) >= 11 is 0. The number of amides is 4. The zero-order valence-electron chi connectivity index (χ0n) is 18.9. The average molecular weight is 473 g/mol. The number of piperidine rings is 1. The van der Waals surface area contributed by atoms with Crippen LogP contribution in [0.3, 0.4) is 0 Å². The number of nitrogens with one attached hydrogen (secondary N) is 3. The third kappa shape index (κ3) is 4.30. The van der Waals surface area contributed by atoms with Gasteiger partial charge in [0.15, 0.2) is 5.82 Å². The molecule has 4 amide bonds. The monoisotopic (exact) mass is 472 g/mol. The van der Waals surface area contributed by atoms with E-state index >= 15 is 0 Å². The lowest BCUT2D eigenvalue weighted by atomic mass is 10.0. The number of rotatable bonds is 8. The number of carbonyl (C=O) groups is 4. The van der Waals surface area contributed by atoms with Crippen LogP contribution in [-0.2, 0) is 9.59 Å². The number of carbonyl (C=O) groups excluding carboxylic acids is 4. The topological polar surface area (TPSA) is 133 Å². The molecule has 0 spiro atoms. The lowest BCUT2D eigenvalue weighted by Gasteiger charge is -2.27. The third-order valence-electron chi connectivity index (χ3n) is 6.20. The Bertz CT molecular complexity index is 1340. The number of hydrogen-bond acceptors (Lipinski definition) is 8. The number of hydrogen-bond donors (Lipinski definition) is 3. The number of benzene rings is 1. The molecule has 3 N–H and O–H groups in total. The first-order valence-electron chi connectivity index (χ1n) is 11.6. The summed E-state index contributed by atoms with van der Waals surface area (Å²) in [6.45, 7) is 1.30. The van der Waals surface area contributed by atoms with Gasteiger partial charge in [0.1, 0.15) is 11.6 Å². The summed E-state index contributed by atoms with van der Waals surface area (Å²) in [4.78, 5) is 59.5. The van der Waals surface area contributed by atoms with Crippen LogP contribution in [0.4, 0.5) is 11.5 Å². The number of nitrogens with zero attached hydrogens (tertiary/aromatic N) is 3. The maximum absolute atomic E-state index is 13.1. The number of anilines is 2. The number of imide groups is 2. The molecule has 178 valence electrons. The standard InChI is InChI=1S/C25H24N6O4/c32-19-9-8-18(23(33)30-19)31-24(34)16-6-3-7-17(20(16)25(31)35)26-11-1-2-12-28-22-21-15(10-14-29-22)5-4-13-27-21/h3-7,10,13-14,18,26H,1-2,8-9,11-12H2,(H,28,29)(H,30,32,33). The SMILES string of the molecule is O=C1CCC(N2C(=O)c3cccc(NCCCCNc4nccc5cccnc45)c3C2=O)C(=O)N1. The zero-order chi connectivity index (χ0) is 24.4. The van der Waals surface area contributed by atoms with Gasteiger partial charge in [0.25, 0.3) is 11.8 Å². The number of fused-ring (bicyclic) bond motifs is 2. The van der Waals surface area contributed by atoms with E-state index in [4.69, 9.17) is 0 Å². The smallest absolute Gasteiger partial charge is 0.264 e. The molecule has 2 aliphatic rings. The molecule has 0 bridgehead atoms. The van der Waals surface area contributed by atoms with E-state index in [1.54, 1.807) is 30.6 Å². The van der Waals surface area contributed by atoms with Crippen LogP contribution in [-0.4, -0.2) is 57.6 Å². The fourth-order valence-electron chi connectivity index (χ4n) is 4.47. The normalized spacial score (nSPS) is 17.5. The van der Waals surface area contributed by atoms with Gasteiger partial charge in [0, 0.05) is 43.0 Å². The van der Waals surface area contributed by atoms with Crippen molar-refractivity contribution in [2.75, 3.05) is 23.7 Å². The Morgan fingerprint density at radius 3 is 2.57 bits per heavy atom. The van der Waals surface area contributed by atoms with Gasteiger partial charge in [-0.1, -0.05) is 12.1 Å². The van der Waals surface area contributed by atoms with E-state index in [9.17, 15) is 19.2 Å². The second-order valence-electron chi connectivity index (χ2n) is 8.47. The molecule has 1 saturated heterocycles. The first kappa shape index (κ1) is 22.5. The molecule has 1 aromatic carbocycles. The van der Waals surface area contributed by atoms with Gasteiger partial charge in [0.05, 0.1) is 11.1 Å². The molecule has 10 heteroatoms. The van der Waals surface area contributed by atoms with Crippen molar-refractivity contribution in [3.8, 4) is 0 Å². The van der Waals surface area contributed by atoms with E-state index in [1.807, 2.05) is 18.2 Å². The fraction of sp³-hybridized carbons (Fsp3) is 0.280. The number of aromatic nitrogens is 2. The fourth-order valence-corrected chi connectivity index (χ4v) is 4.47. The summed E-state index contributed by atoms with van der Waals surface area (Å²) in [5.74, 6) is -1.29. The molecule has 0 aliphatic carbocycles. The Balaban J connectivity index is 1.18. The predicted octanol–water partition coefficient (Wildman–Crippen LogP) is 2.34. The highest BCUT2D eigenvalue weighted by Gasteiger charge is 2.45. The molecule has 1 atom stereocenters. The van der Waals surface area contributed by atoms with Crippen molar-refractivity contribution in [1.82, 2.24) is 20.2 Å². The van der Waals surface area contributed by atoms with E-state index in [0.717, 1.165) is 34.5 Å². The quantitative estimate of drug-likeness (QED) is 0.336. The maximum atomic E-state index is 13.1. The Morgan fingerprint density at radius 2 is 1.74 bits per heavy atom. The molecular formula is C25H24N6O4. The Morgan fingerprint density at radius 1 is 0.914 bits per heavy atom. The molecule has 5 rings (SSSR count). The minimum absolute atomic E-state index is 0.0906. The van der Waals surface area contributed by atoms with Gasteiger partial charge in [-0.2, -0.15) is 0 Å². The molecular weight excluding hydrogens is 448 g/mol. The molecule has 2 aliphatic heterocycles. The highest BCUT2D eigenvalue weighted by atomic mass is 16.2. The average Bonchev–Trinajstić information content (AvgIpc) is 3.12. The molecule has 10 nitrogen and oxygen atoms in total. The van der Waals surface area contributed by atoms with Crippen LogP contribution in [0.25, 0.3) is 10.9 Å². The van der Waals surface area contributed by atoms with Crippen LogP contribution >= 0.6 is 0 Å². The molecule has 1 unspecified atom stereocenters. The van der Waals surface area contributed by atoms with E-state index in [1.165, 1.54) is 0 Å². The van der Waals surface area contributed by atoms with Crippen LogP contribution in [0.5, 0.6) is 0 Å². The highest BCUT2D eigenvalue weighted by Crippen LogP contribution is 2.32. The minimum atomic E-state index is -0.976. The highest BCUT2D eigenvalue weighted by molar-refractivity contribution is 6.25. The van der Waals surface area contributed by atoms with Gasteiger partial charge in [-0.05, 0) is 43.5 Å². The summed E-state index contributed by atoms with van der Waals surface area (Å²) in [5, 5.41) is 9.81. The molecule has 4 heterocycles. The van der Waals surface area contributed by atoms with Gasteiger partial charge in [-0.25, -0.2) is 4.98 Å². The van der Waals surface area contributed by atoms with E-state index < -0.39 is 29.7 Å². The van der Waals surface area contributed by atoms with Crippen LogP contribution in [0.2, 0.25) is 0 Å². The Hall–Kier alpha value is -4.34. The third-order valence-corrected chi connectivity index (χ3v) is 6.20. The van der Waals surface area contributed by atoms with Crippen LogP contribution in [0.15, 0.2) is 48.8 Å². The lowest BCUT2D eigenvalue weighted by Crippen LogP contribution is -2.54. The largest absolute Gasteiger partial charge is 0.384 e. The number of pyridine rings is 2. The van der Waals surface area contributed by atoms with Crippen LogP contribution in [0.1, 0.15) is 46.4 Å². The van der Waals surface area contributed by atoms with Crippen LogP contribution < -0.4 is 16.0 Å². The van der Waals surface area contributed by atoms with Crippen molar-refractivity contribution < 1.29 is 19.2 Å². The van der Waals surface area contributed by atoms with Crippen molar-refractivity contribution in [2.24, 2.45) is 0 Å². The number of unbranched alkanes of at least 4 members (excludes halogenated alkanes) is 1. The Labute approximate surface area is 201 Å². The summed E-state index contributed by atoms with van der Waals surface area (Å²) in [5.41, 5.74) is 1.92. The minimum Gasteiger partial charge on any atom is -0.384 e. The van der Waals surface area contributed by atoms with Crippen LogP contribution in [0, 0.1) is 0 Å². The van der Waals surface area contributed by atoms with Gasteiger partial charge >= 0.3 is 0 Å². The predicted molar refractivity (Wildman–Crippen MR) is 129 cm³/mol. The molecule has 35 heavy (non-hydrogen) atoms. The summed E-state index contributed by atoms with van der Waals surface area (Å²) < 4.78 is 0. The van der Waals surface area contributed by atoms with E-state index in [2.05, 4.69) is 25.9 Å².